The number of imide groups is 1. The number of likely N-dealkylation sites (tertiary alicyclic amines) is 1. The van der Waals surface area contributed by atoms with E-state index in [1.54, 1.807) is 43.2 Å². The number of carbonyl (C=O) groups is 4. The zero-order valence-corrected chi connectivity index (χ0v) is 17.8. The Morgan fingerprint density at radius 1 is 1.19 bits per heavy atom. The highest BCUT2D eigenvalue weighted by molar-refractivity contribution is 6.09. The van der Waals surface area contributed by atoms with E-state index in [4.69, 9.17) is 4.74 Å². The molecule has 1 aromatic rings. The van der Waals surface area contributed by atoms with Crippen LogP contribution in [0.1, 0.15) is 38.2 Å². The van der Waals surface area contributed by atoms with Gasteiger partial charge in [0.1, 0.15) is 17.8 Å². The van der Waals surface area contributed by atoms with Gasteiger partial charge in [0.05, 0.1) is 13.0 Å². The molecule has 3 fully saturated rings. The summed E-state index contributed by atoms with van der Waals surface area (Å²) in [6.07, 6.45) is 3.49. The van der Waals surface area contributed by atoms with E-state index in [-0.39, 0.29) is 30.3 Å². The highest BCUT2D eigenvalue weighted by atomic mass is 16.5. The van der Waals surface area contributed by atoms with E-state index in [9.17, 15) is 19.2 Å². The van der Waals surface area contributed by atoms with Gasteiger partial charge in [-0.2, -0.15) is 0 Å². The molecule has 2 N–H and O–H groups in total. The predicted octanol–water partition coefficient (Wildman–Crippen LogP) is 0.979. The van der Waals surface area contributed by atoms with E-state index < -0.39 is 17.5 Å². The fourth-order valence-electron chi connectivity index (χ4n) is 4.16. The first-order valence-corrected chi connectivity index (χ1v) is 10.7. The van der Waals surface area contributed by atoms with Gasteiger partial charge in [-0.25, -0.2) is 4.79 Å². The molecule has 1 saturated carbocycles. The normalized spacial score (nSPS) is 25.9. The second kappa shape index (κ2) is 8.20. The average Bonchev–Trinajstić information content (AvgIpc) is 3.57. The van der Waals surface area contributed by atoms with Gasteiger partial charge in [-0.3, -0.25) is 19.3 Å². The molecule has 2 saturated heterocycles. The van der Waals surface area contributed by atoms with Crippen LogP contribution in [0.2, 0.25) is 0 Å². The Kier molecular flexibility index (Phi) is 5.60. The van der Waals surface area contributed by atoms with Gasteiger partial charge in [-0.15, -0.1) is 0 Å². The summed E-state index contributed by atoms with van der Waals surface area (Å²) in [5.74, 6) is -0.419. The van der Waals surface area contributed by atoms with Crippen LogP contribution in [-0.2, 0) is 19.9 Å². The lowest BCUT2D eigenvalue weighted by atomic mass is 9.92. The number of hydrogen-bond acceptors (Lipinski definition) is 5. The van der Waals surface area contributed by atoms with Crippen molar-refractivity contribution in [1.29, 1.82) is 0 Å². The summed E-state index contributed by atoms with van der Waals surface area (Å²) >= 11 is 0. The zero-order chi connectivity index (χ0) is 22.2. The Morgan fingerprint density at radius 2 is 1.90 bits per heavy atom. The largest absolute Gasteiger partial charge is 0.497 e. The molecule has 4 rings (SSSR count). The maximum Gasteiger partial charge on any atom is 0.325 e. The molecule has 2 aliphatic heterocycles. The molecule has 5 amide bonds. The average molecular weight is 428 g/mol. The van der Waals surface area contributed by atoms with Crippen molar-refractivity contribution in [1.82, 2.24) is 20.4 Å². The van der Waals surface area contributed by atoms with Crippen LogP contribution in [0.4, 0.5) is 4.79 Å². The maximum absolute atomic E-state index is 13.1. The lowest BCUT2D eigenvalue weighted by molar-refractivity contribution is -0.141. The number of hydrogen-bond donors (Lipinski definition) is 2. The van der Waals surface area contributed by atoms with Gasteiger partial charge in [0, 0.05) is 19.1 Å². The van der Waals surface area contributed by atoms with Crippen molar-refractivity contribution in [2.45, 2.75) is 44.2 Å². The van der Waals surface area contributed by atoms with Crippen LogP contribution in [0.25, 0.3) is 0 Å². The molecular formula is C22H28N4O5. The van der Waals surface area contributed by atoms with Crippen molar-refractivity contribution >= 4 is 23.8 Å². The number of piperidine rings is 1. The molecular weight excluding hydrogens is 400 g/mol. The summed E-state index contributed by atoms with van der Waals surface area (Å²) in [6, 6.07) is 6.55. The summed E-state index contributed by atoms with van der Waals surface area (Å²) in [6.45, 7) is 2.12. The summed E-state index contributed by atoms with van der Waals surface area (Å²) in [5.41, 5.74) is -0.644. The van der Waals surface area contributed by atoms with Crippen LogP contribution in [0.3, 0.4) is 0 Å². The zero-order valence-electron chi connectivity index (χ0n) is 17.8. The molecule has 2 heterocycles. The van der Waals surface area contributed by atoms with Gasteiger partial charge < -0.3 is 20.3 Å². The maximum atomic E-state index is 13.1. The van der Waals surface area contributed by atoms with Crippen LogP contribution >= 0.6 is 0 Å². The van der Waals surface area contributed by atoms with Crippen molar-refractivity contribution in [3.05, 3.63) is 29.8 Å². The molecule has 9 heteroatoms. The topological polar surface area (TPSA) is 108 Å². The standard InChI is InChI=1S/C22H28N4O5/c1-22(15-5-9-17(31-2)10-6-15)20(29)26(21(30)24-22)13-18(27)25-11-3-4-14(12-25)19(28)23-16-7-8-16/h5-6,9-10,14,16H,3-4,7-8,11-13H2,1-2H3,(H,23,28)(H,24,30). The van der Waals surface area contributed by atoms with Crippen molar-refractivity contribution in [3.63, 3.8) is 0 Å². The fourth-order valence-corrected chi connectivity index (χ4v) is 4.16. The molecule has 0 spiro atoms. The monoisotopic (exact) mass is 428 g/mol. The minimum Gasteiger partial charge on any atom is -0.497 e. The number of carbonyl (C=O) groups excluding carboxylic acids is 4. The van der Waals surface area contributed by atoms with Gasteiger partial charge in [-0.05, 0) is 50.3 Å². The van der Waals surface area contributed by atoms with E-state index >= 15 is 0 Å². The molecule has 2 atom stereocenters. The van der Waals surface area contributed by atoms with Gasteiger partial charge >= 0.3 is 6.03 Å². The van der Waals surface area contributed by atoms with Crippen LogP contribution < -0.4 is 15.4 Å². The van der Waals surface area contributed by atoms with Crippen LogP contribution in [0.5, 0.6) is 5.75 Å². The number of urea groups is 1. The van der Waals surface area contributed by atoms with Gasteiger partial charge in [0.15, 0.2) is 0 Å². The minimum atomic E-state index is -1.25. The number of methoxy groups -OCH3 is 1. The molecule has 3 aliphatic rings. The molecule has 31 heavy (non-hydrogen) atoms. The third kappa shape index (κ3) is 4.22. The number of rotatable bonds is 6. The molecule has 0 bridgehead atoms. The van der Waals surface area contributed by atoms with Crippen LogP contribution in [0, 0.1) is 5.92 Å². The second-order valence-corrected chi connectivity index (χ2v) is 8.64. The minimum absolute atomic E-state index is 0.0120. The summed E-state index contributed by atoms with van der Waals surface area (Å²) in [7, 11) is 1.55. The molecule has 1 aliphatic carbocycles. The Hall–Kier alpha value is -3.10. The lowest BCUT2D eigenvalue weighted by Gasteiger charge is -2.33. The lowest BCUT2D eigenvalue weighted by Crippen LogP contribution is -2.50. The first kappa shape index (κ1) is 21.1. The predicted molar refractivity (Wildman–Crippen MR) is 111 cm³/mol. The second-order valence-electron chi connectivity index (χ2n) is 8.64. The van der Waals surface area contributed by atoms with Crippen molar-refractivity contribution in [2.75, 3.05) is 26.7 Å². The van der Waals surface area contributed by atoms with Crippen LogP contribution in [0.15, 0.2) is 24.3 Å². The quantitative estimate of drug-likeness (QED) is 0.657. The fraction of sp³-hybridized carbons (Fsp3) is 0.545. The van der Waals surface area contributed by atoms with Gasteiger partial charge in [0.2, 0.25) is 11.8 Å². The highest BCUT2D eigenvalue weighted by Gasteiger charge is 2.50. The van der Waals surface area contributed by atoms with Gasteiger partial charge in [0.25, 0.3) is 5.91 Å². The van der Waals surface area contributed by atoms with E-state index in [0.29, 0.717) is 24.4 Å². The van der Waals surface area contributed by atoms with Crippen molar-refractivity contribution in [2.24, 2.45) is 5.92 Å². The van der Waals surface area contributed by atoms with E-state index in [1.165, 1.54) is 0 Å². The third-order valence-electron chi connectivity index (χ3n) is 6.30. The van der Waals surface area contributed by atoms with E-state index in [1.807, 2.05) is 0 Å². The summed E-state index contributed by atoms with van der Waals surface area (Å²) in [5, 5.41) is 5.70. The SMILES string of the molecule is COc1ccc(C2(C)NC(=O)N(CC(=O)N3CCCC(C(=O)NC4CC4)C3)C2=O)cc1. The number of nitrogens with zero attached hydrogens (tertiary/aromatic N) is 2. The Bertz CT molecular complexity index is 898. The van der Waals surface area contributed by atoms with Crippen molar-refractivity contribution < 1.29 is 23.9 Å². The Labute approximate surface area is 181 Å². The smallest absolute Gasteiger partial charge is 0.325 e. The van der Waals surface area contributed by atoms with Crippen molar-refractivity contribution in [3.8, 4) is 5.75 Å². The molecule has 0 radical (unpaired) electrons. The first-order valence-electron chi connectivity index (χ1n) is 10.7. The third-order valence-corrected chi connectivity index (χ3v) is 6.30. The van der Waals surface area contributed by atoms with Gasteiger partial charge in [-0.1, -0.05) is 12.1 Å². The first-order chi connectivity index (χ1) is 14.8. The molecule has 166 valence electrons. The highest BCUT2D eigenvalue weighted by Crippen LogP contribution is 2.30. The van der Waals surface area contributed by atoms with Crippen LogP contribution in [-0.4, -0.2) is 66.3 Å². The van der Waals surface area contributed by atoms with E-state index in [0.717, 1.165) is 30.6 Å². The number of benzene rings is 1. The number of nitrogens with one attached hydrogen (secondary N) is 2. The molecule has 2 unspecified atom stereocenters. The molecule has 1 aromatic carbocycles. The Morgan fingerprint density at radius 3 is 2.55 bits per heavy atom. The Balaban J connectivity index is 1.41. The van der Waals surface area contributed by atoms with E-state index in [2.05, 4.69) is 10.6 Å². The summed E-state index contributed by atoms with van der Waals surface area (Å²) in [4.78, 5) is 53.4. The number of ether oxygens (including phenoxy) is 1. The molecule has 9 nitrogen and oxygen atoms in total. The number of amides is 5. The molecule has 0 aromatic heterocycles. The summed E-state index contributed by atoms with van der Waals surface area (Å²) < 4.78 is 5.14.